The Hall–Kier alpha value is 0.160. The summed E-state index contributed by atoms with van der Waals surface area (Å²) in [4.78, 5) is 15.3. The average Bonchev–Trinajstić information content (AvgIpc) is 3.27. The van der Waals surface area contributed by atoms with Gasteiger partial charge in [0.2, 0.25) is 0 Å². The van der Waals surface area contributed by atoms with E-state index >= 15 is 0 Å². The Morgan fingerprint density at radius 2 is 1.77 bits per heavy atom. The van der Waals surface area contributed by atoms with E-state index in [-0.39, 0.29) is 18.0 Å². The minimum Gasteiger partial charge on any atom is -0.462 e. The molecule has 4 aliphatic rings. The minimum atomic E-state index is 0.140. The lowest BCUT2D eigenvalue weighted by Crippen LogP contribution is -2.52. The van der Waals surface area contributed by atoms with Crippen LogP contribution in [0, 0.1) is 17.8 Å². The maximum Gasteiger partial charge on any atom is 0.311 e. The number of piperidine rings is 1. The molecule has 2 aliphatic heterocycles. The number of fused-ring (bicyclic) bond motifs is 2. The second-order valence-electron chi connectivity index (χ2n) is 8.04. The number of carbonyl (C=O) groups excluding carboxylic acids is 1. The molecule has 4 fully saturated rings. The molecule has 4 atom stereocenters. The average molecular weight is 417 g/mol. The van der Waals surface area contributed by atoms with E-state index in [1.165, 1.54) is 44.9 Å². The Bertz CT molecular complexity index is 431. The van der Waals surface area contributed by atoms with Gasteiger partial charge in [-0.25, -0.2) is 0 Å². The zero-order chi connectivity index (χ0) is 15.3. The first-order valence-corrected chi connectivity index (χ1v) is 10.4. The van der Waals surface area contributed by atoms with E-state index in [0.717, 1.165) is 28.7 Å². The van der Waals surface area contributed by atoms with Crippen LogP contribution in [0.2, 0.25) is 0 Å². The number of hydrogen-bond acceptors (Lipinski definition) is 3. The van der Waals surface area contributed by atoms with Gasteiger partial charge in [0.15, 0.2) is 0 Å². The van der Waals surface area contributed by atoms with E-state index in [1.54, 1.807) is 0 Å². The standard InChI is InChI=1S/C18H28INO2/c1-20-13-6-9-16(20)17(18(21)22-14-7-8-14)15(10-13)11-2-4-12(19)5-3-11/h11-17H,2-10H2,1H3. The third-order valence-corrected chi connectivity index (χ3v) is 7.95. The molecule has 2 aliphatic carbocycles. The minimum absolute atomic E-state index is 0.140. The number of rotatable bonds is 3. The summed E-state index contributed by atoms with van der Waals surface area (Å²) in [5.74, 6) is 1.64. The lowest BCUT2D eigenvalue weighted by Gasteiger charge is -2.46. The number of hydrogen-bond donors (Lipinski definition) is 0. The molecule has 4 unspecified atom stereocenters. The molecule has 4 rings (SSSR count). The molecule has 2 heterocycles. The van der Waals surface area contributed by atoms with Crippen molar-refractivity contribution in [1.29, 1.82) is 0 Å². The predicted molar refractivity (Wildman–Crippen MR) is 95.1 cm³/mol. The highest BCUT2D eigenvalue weighted by atomic mass is 127. The molecule has 2 saturated heterocycles. The Labute approximate surface area is 147 Å². The molecule has 2 bridgehead atoms. The summed E-state index contributed by atoms with van der Waals surface area (Å²) < 4.78 is 6.63. The van der Waals surface area contributed by atoms with E-state index in [1.807, 2.05) is 0 Å². The normalized spacial score (nSPS) is 45.7. The van der Waals surface area contributed by atoms with Gasteiger partial charge < -0.3 is 4.74 Å². The SMILES string of the molecule is CN1C2CCC1C(C(=O)OC1CC1)C(C1CCC(I)CC1)C2. The van der Waals surface area contributed by atoms with Gasteiger partial charge in [0.25, 0.3) is 0 Å². The number of esters is 1. The topological polar surface area (TPSA) is 29.5 Å². The molecule has 4 heteroatoms. The van der Waals surface area contributed by atoms with Crippen LogP contribution in [-0.4, -0.2) is 40.0 Å². The van der Waals surface area contributed by atoms with Gasteiger partial charge in [0.1, 0.15) is 6.10 Å². The first-order valence-electron chi connectivity index (χ1n) is 9.20. The summed E-state index contributed by atoms with van der Waals surface area (Å²) in [6, 6.07) is 1.17. The van der Waals surface area contributed by atoms with Crippen molar-refractivity contribution in [1.82, 2.24) is 4.90 Å². The maximum atomic E-state index is 12.8. The highest BCUT2D eigenvalue weighted by Gasteiger charge is 2.52. The van der Waals surface area contributed by atoms with Gasteiger partial charge >= 0.3 is 5.97 Å². The highest BCUT2D eigenvalue weighted by molar-refractivity contribution is 14.1. The zero-order valence-corrected chi connectivity index (χ0v) is 15.7. The summed E-state index contributed by atoms with van der Waals surface area (Å²) in [5.41, 5.74) is 0. The Kier molecular flexibility index (Phi) is 4.44. The Morgan fingerprint density at radius 3 is 2.45 bits per heavy atom. The molecule has 0 amide bonds. The molecule has 124 valence electrons. The quantitative estimate of drug-likeness (QED) is 0.398. The van der Waals surface area contributed by atoms with Crippen LogP contribution in [0.5, 0.6) is 0 Å². The van der Waals surface area contributed by atoms with Crippen molar-refractivity contribution < 1.29 is 9.53 Å². The highest BCUT2D eigenvalue weighted by Crippen LogP contribution is 2.49. The fourth-order valence-electron chi connectivity index (χ4n) is 5.26. The van der Waals surface area contributed by atoms with Crippen LogP contribution >= 0.6 is 22.6 Å². The second kappa shape index (κ2) is 6.23. The van der Waals surface area contributed by atoms with Gasteiger partial charge in [-0.3, -0.25) is 9.69 Å². The second-order valence-corrected chi connectivity index (χ2v) is 9.80. The van der Waals surface area contributed by atoms with Crippen LogP contribution in [-0.2, 0) is 9.53 Å². The first kappa shape index (κ1) is 15.7. The van der Waals surface area contributed by atoms with Crippen LogP contribution in [0.15, 0.2) is 0 Å². The fourth-order valence-corrected chi connectivity index (χ4v) is 5.98. The van der Waals surface area contributed by atoms with Crippen LogP contribution < -0.4 is 0 Å². The molecule has 0 aromatic rings. The molecule has 3 nitrogen and oxygen atoms in total. The summed E-state index contributed by atoms with van der Waals surface area (Å²) in [7, 11) is 2.23. The number of nitrogens with zero attached hydrogens (tertiary/aromatic N) is 1. The van der Waals surface area contributed by atoms with Gasteiger partial charge in [0, 0.05) is 16.0 Å². The lowest BCUT2D eigenvalue weighted by atomic mass is 9.68. The molecular formula is C18H28INO2. The molecule has 2 saturated carbocycles. The molecule has 0 aromatic heterocycles. The van der Waals surface area contributed by atoms with Crippen LogP contribution in [0.25, 0.3) is 0 Å². The summed E-state index contributed by atoms with van der Waals surface area (Å²) in [6.45, 7) is 0. The number of halogens is 1. The van der Waals surface area contributed by atoms with E-state index in [0.29, 0.717) is 12.0 Å². The maximum absolute atomic E-state index is 12.8. The van der Waals surface area contributed by atoms with Crippen LogP contribution in [0.4, 0.5) is 0 Å². The molecular weight excluding hydrogens is 389 g/mol. The van der Waals surface area contributed by atoms with Gasteiger partial charge in [-0.1, -0.05) is 22.6 Å². The predicted octanol–water partition coefficient (Wildman–Crippen LogP) is 3.78. The zero-order valence-electron chi connectivity index (χ0n) is 13.5. The smallest absolute Gasteiger partial charge is 0.311 e. The molecule has 0 radical (unpaired) electrons. The van der Waals surface area contributed by atoms with Crippen molar-refractivity contribution in [3.63, 3.8) is 0 Å². The molecule has 0 N–H and O–H groups in total. The van der Waals surface area contributed by atoms with E-state index in [9.17, 15) is 4.79 Å². The van der Waals surface area contributed by atoms with E-state index in [4.69, 9.17) is 4.74 Å². The van der Waals surface area contributed by atoms with Gasteiger partial charge in [0.05, 0.1) is 5.92 Å². The van der Waals surface area contributed by atoms with E-state index in [2.05, 4.69) is 34.5 Å². The third kappa shape index (κ3) is 2.94. The lowest BCUT2D eigenvalue weighted by molar-refractivity contribution is -0.158. The molecule has 22 heavy (non-hydrogen) atoms. The monoisotopic (exact) mass is 417 g/mol. The number of alkyl halides is 1. The van der Waals surface area contributed by atoms with Crippen molar-refractivity contribution in [2.75, 3.05) is 7.05 Å². The number of ether oxygens (including phenoxy) is 1. The summed E-state index contributed by atoms with van der Waals surface area (Å²) in [5, 5.41) is 0. The van der Waals surface area contributed by atoms with Crippen molar-refractivity contribution in [3.8, 4) is 0 Å². The van der Waals surface area contributed by atoms with Crippen molar-refractivity contribution >= 4 is 28.6 Å². The van der Waals surface area contributed by atoms with Crippen molar-refractivity contribution in [2.45, 2.75) is 79.9 Å². The van der Waals surface area contributed by atoms with Gasteiger partial charge in [-0.05, 0) is 76.7 Å². The molecule has 0 spiro atoms. The third-order valence-electron chi connectivity index (χ3n) is 6.70. The summed E-state index contributed by atoms with van der Waals surface area (Å²) in [6.07, 6.45) is 11.5. The van der Waals surface area contributed by atoms with Gasteiger partial charge in [-0.15, -0.1) is 0 Å². The Morgan fingerprint density at radius 1 is 1.05 bits per heavy atom. The first-order chi connectivity index (χ1) is 10.6. The fraction of sp³-hybridized carbons (Fsp3) is 0.944. The van der Waals surface area contributed by atoms with Crippen molar-refractivity contribution in [3.05, 3.63) is 0 Å². The van der Waals surface area contributed by atoms with Gasteiger partial charge in [-0.2, -0.15) is 0 Å². The Balaban J connectivity index is 1.52. The van der Waals surface area contributed by atoms with Crippen LogP contribution in [0.1, 0.15) is 57.8 Å². The largest absolute Gasteiger partial charge is 0.462 e. The molecule has 0 aromatic carbocycles. The summed E-state index contributed by atoms with van der Waals surface area (Å²) >= 11 is 2.60. The van der Waals surface area contributed by atoms with Crippen LogP contribution in [0.3, 0.4) is 0 Å². The number of carbonyl (C=O) groups is 1. The van der Waals surface area contributed by atoms with Crippen molar-refractivity contribution in [2.24, 2.45) is 17.8 Å². The van der Waals surface area contributed by atoms with E-state index < -0.39 is 0 Å².